The molecule has 0 aliphatic heterocycles. The zero-order valence-electron chi connectivity index (χ0n) is 12.5. The van der Waals surface area contributed by atoms with Crippen molar-refractivity contribution in [2.24, 2.45) is 5.73 Å². The van der Waals surface area contributed by atoms with E-state index in [2.05, 4.69) is 15.3 Å². The Hall–Kier alpha value is -2.99. The number of rotatable bonds is 9. The molecule has 0 aliphatic rings. The van der Waals surface area contributed by atoms with E-state index >= 15 is 0 Å². The van der Waals surface area contributed by atoms with Crippen molar-refractivity contribution in [2.45, 2.75) is 12.1 Å². The number of nitrogens with zero attached hydrogens (tertiary/aromatic N) is 1. The van der Waals surface area contributed by atoms with Crippen LogP contribution in [-0.2, 0) is 25.6 Å². The minimum Gasteiger partial charge on any atom is -0.480 e. The molecule has 0 unspecified atom stereocenters. The predicted octanol–water partition coefficient (Wildman–Crippen LogP) is -3.97. The van der Waals surface area contributed by atoms with Crippen molar-refractivity contribution in [1.82, 2.24) is 25.9 Å². The number of hydrogen-bond acceptors (Lipinski definition) is 7. The normalized spacial score (nSPS) is 12.8. The molecule has 8 N–H and O–H groups in total. The number of H-pyrrole nitrogens is 1. The molecule has 1 aromatic heterocycles. The molecule has 12 nitrogen and oxygen atoms in total. The smallest absolute Gasteiger partial charge is 0.322 e. The molecular weight excluding hydrogens is 324 g/mol. The van der Waals surface area contributed by atoms with Crippen LogP contribution in [-0.4, -0.2) is 69.2 Å². The number of aromatic amines is 1. The van der Waals surface area contributed by atoms with Gasteiger partial charge in [-0.25, -0.2) is 4.98 Å². The average Bonchev–Trinajstić information content (AvgIpc) is 3.02. The van der Waals surface area contributed by atoms with E-state index in [1.165, 1.54) is 12.5 Å². The summed E-state index contributed by atoms with van der Waals surface area (Å²) in [7, 11) is 0. The van der Waals surface area contributed by atoms with Crippen molar-refractivity contribution in [3.05, 3.63) is 18.2 Å². The Morgan fingerprint density at radius 2 is 1.92 bits per heavy atom. The highest BCUT2D eigenvalue weighted by Gasteiger charge is 2.38. The summed E-state index contributed by atoms with van der Waals surface area (Å²) in [5.41, 5.74) is 2.94. The first kappa shape index (κ1) is 19.1. The molecule has 3 amide bonds. The number of nitrogens with two attached hydrogens (primary N) is 1. The highest BCUT2D eigenvalue weighted by Crippen LogP contribution is 2.09. The van der Waals surface area contributed by atoms with Gasteiger partial charge in [0.05, 0.1) is 19.4 Å². The van der Waals surface area contributed by atoms with Gasteiger partial charge in [0.2, 0.25) is 17.5 Å². The molecule has 0 aliphatic carbocycles. The summed E-state index contributed by atoms with van der Waals surface area (Å²) in [5.74, 6) is -3.92. The fraction of sp³-hybridized carbons (Fsp3) is 0.417. The Kier molecular flexibility index (Phi) is 6.82. The first-order chi connectivity index (χ1) is 11.3. The summed E-state index contributed by atoms with van der Waals surface area (Å²) in [6.45, 7) is -1.60. The number of aliphatic carboxylic acids is 1. The van der Waals surface area contributed by atoms with Gasteiger partial charge >= 0.3 is 5.97 Å². The number of hydrogen-bond donors (Lipinski definition) is 7. The topological polar surface area (TPSA) is 200 Å². The Labute approximate surface area is 135 Å². The summed E-state index contributed by atoms with van der Waals surface area (Å²) >= 11 is 0. The number of imidazole rings is 1. The minimum atomic E-state index is -2.44. The fourth-order valence-electron chi connectivity index (χ4n) is 1.67. The highest BCUT2D eigenvalue weighted by atomic mass is 16.4. The van der Waals surface area contributed by atoms with Gasteiger partial charge in [-0.15, -0.1) is 0 Å². The Bertz CT molecular complexity index is 603. The van der Waals surface area contributed by atoms with Crippen molar-refractivity contribution in [3.8, 4) is 0 Å². The van der Waals surface area contributed by atoms with Crippen LogP contribution in [0.1, 0.15) is 5.69 Å². The van der Waals surface area contributed by atoms with Gasteiger partial charge in [0.1, 0.15) is 6.54 Å². The van der Waals surface area contributed by atoms with Gasteiger partial charge < -0.3 is 36.9 Å². The number of carboxylic acid groups (broad SMARTS) is 1. The zero-order chi connectivity index (χ0) is 18.2. The van der Waals surface area contributed by atoms with Gasteiger partial charge in [-0.2, -0.15) is 0 Å². The van der Waals surface area contributed by atoms with Crippen LogP contribution in [0, 0.1) is 0 Å². The molecule has 1 aromatic rings. The number of amides is 3. The third-order valence-corrected chi connectivity index (χ3v) is 2.75. The Morgan fingerprint density at radius 3 is 2.46 bits per heavy atom. The van der Waals surface area contributed by atoms with Gasteiger partial charge in [-0.3, -0.25) is 19.2 Å². The minimum absolute atomic E-state index is 0.314. The largest absolute Gasteiger partial charge is 0.480 e. The van der Waals surface area contributed by atoms with Crippen LogP contribution in [0.25, 0.3) is 0 Å². The lowest BCUT2D eigenvalue weighted by molar-refractivity contribution is -0.151. The van der Waals surface area contributed by atoms with E-state index in [1.807, 2.05) is 10.6 Å². The molecule has 0 radical (unpaired) electrons. The molecule has 0 spiro atoms. The lowest BCUT2D eigenvalue weighted by Crippen LogP contribution is -2.62. The van der Waals surface area contributed by atoms with Gasteiger partial charge in [0, 0.05) is 18.3 Å². The maximum Gasteiger partial charge on any atom is 0.322 e. The second kappa shape index (κ2) is 8.59. The SMILES string of the molecule is NCC(=O)NCC(=O)N[C@@](O)(Cc1cnc[nH]1)C(=O)NCC(=O)O. The van der Waals surface area contributed by atoms with Gasteiger partial charge in [0.25, 0.3) is 5.91 Å². The van der Waals surface area contributed by atoms with Crippen molar-refractivity contribution >= 4 is 23.7 Å². The van der Waals surface area contributed by atoms with Crippen LogP contribution in [0.5, 0.6) is 0 Å². The summed E-state index contributed by atoms with van der Waals surface area (Å²) in [4.78, 5) is 51.7. The lowest BCUT2D eigenvalue weighted by atomic mass is 10.1. The fourth-order valence-corrected chi connectivity index (χ4v) is 1.67. The van der Waals surface area contributed by atoms with Crippen LogP contribution >= 0.6 is 0 Å². The highest BCUT2D eigenvalue weighted by molar-refractivity contribution is 5.93. The molecule has 0 saturated carbocycles. The molecule has 0 fully saturated rings. The molecule has 24 heavy (non-hydrogen) atoms. The molecule has 0 bridgehead atoms. The Balaban J connectivity index is 2.79. The summed E-state index contributed by atoms with van der Waals surface area (Å²) in [6.07, 6.45) is 2.22. The molecule has 0 aromatic carbocycles. The first-order valence-electron chi connectivity index (χ1n) is 6.74. The Morgan fingerprint density at radius 1 is 1.21 bits per heavy atom. The van der Waals surface area contributed by atoms with E-state index < -0.39 is 48.9 Å². The summed E-state index contributed by atoms with van der Waals surface area (Å²) < 4.78 is 0. The molecule has 12 heteroatoms. The maximum absolute atomic E-state index is 12.0. The van der Waals surface area contributed by atoms with Gasteiger partial charge in [-0.1, -0.05) is 0 Å². The van der Waals surface area contributed by atoms with E-state index in [1.54, 1.807) is 0 Å². The lowest BCUT2D eigenvalue weighted by Gasteiger charge is -2.27. The third kappa shape index (κ3) is 6.02. The molecule has 0 saturated heterocycles. The van der Waals surface area contributed by atoms with Gasteiger partial charge in [0.15, 0.2) is 0 Å². The predicted molar refractivity (Wildman–Crippen MR) is 78.1 cm³/mol. The van der Waals surface area contributed by atoms with E-state index in [0.717, 1.165) is 0 Å². The molecule has 1 heterocycles. The monoisotopic (exact) mass is 342 g/mol. The van der Waals surface area contributed by atoms with E-state index in [0.29, 0.717) is 5.69 Å². The number of nitrogens with one attached hydrogen (secondary N) is 4. The molecule has 1 atom stereocenters. The van der Waals surface area contributed by atoms with Crippen molar-refractivity contribution in [1.29, 1.82) is 0 Å². The molecule has 132 valence electrons. The number of aromatic nitrogens is 2. The number of carboxylic acids is 1. The van der Waals surface area contributed by atoms with Crippen molar-refractivity contribution < 1.29 is 29.4 Å². The quantitative estimate of drug-likeness (QED) is 0.220. The van der Waals surface area contributed by atoms with Crippen LogP contribution < -0.4 is 21.7 Å². The van der Waals surface area contributed by atoms with Gasteiger partial charge in [-0.05, 0) is 0 Å². The second-order valence-electron chi connectivity index (χ2n) is 4.72. The first-order valence-corrected chi connectivity index (χ1v) is 6.74. The maximum atomic E-state index is 12.0. The van der Waals surface area contributed by atoms with E-state index in [9.17, 15) is 24.3 Å². The van der Waals surface area contributed by atoms with Crippen LogP contribution in [0.2, 0.25) is 0 Å². The average molecular weight is 342 g/mol. The zero-order valence-corrected chi connectivity index (χ0v) is 12.5. The summed E-state index contributed by atoms with van der Waals surface area (Å²) in [5, 5.41) is 25.2. The number of aliphatic hydroxyl groups is 1. The number of carbonyl (C=O) groups excluding carboxylic acids is 3. The van der Waals surface area contributed by atoms with Crippen molar-refractivity contribution in [3.63, 3.8) is 0 Å². The van der Waals surface area contributed by atoms with E-state index in [-0.39, 0.29) is 6.54 Å². The van der Waals surface area contributed by atoms with Crippen LogP contribution in [0.15, 0.2) is 12.5 Å². The standard InChI is InChI=1S/C12H18N6O6/c13-2-8(19)15-4-9(20)18-12(24,1-7-3-14-6-17-7)11(23)16-5-10(21)22/h3,6,24H,1-2,4-5,13H2,(H,14,17)(H,15,19)(H,16,23)(H,18,20)(H,21,22)/t12-/m1/s1. The van der Waals surface area contributed by atoms with Crippen LogP contribution in [0.4, 0.5) is 0 Å². The van der Waals surface area contributed by atoms with Crippen LogP contribution in [0.3, 0.4) is 0 Å². The van der Waals surface area contributed by atoms with Crippen molar-refractivity contribution in [2.75, 3.05) is 19.6 Å². The molecular formula is C12H18N6O6. The third-order valence-electron chi connectivity index (χ3n) is 2.75. The van der Waals surface area contributed by atoms with E-state index in [4.69, 9.17) is 10.8 Å². The molecule has 1 rings (SSSR count). The second-order valence-corrected chi connectivity index (χ2v) is 4.72. The summed E-state index contributed by atoms with van der Waals surface area (Å²) in [6, 6.07) is 0. The number of carbonyl (C=O) groups is 4.